The van der Waals surface area contributed by atoms with Gasteiger partial charge >= 0.3 is 0 Å². The molecule has 3 aromatic rings. The van der Waals surface area contributed by atoms with Crippen LogP contribution in [0.3, 0.4) is 0 Å². The Morgan fingerprint density at radius 3 is 2.18 bits per heavy atom. The molecule has 0 saturated heterocycles. The molecule has 2 N–H and O–H groups in total. The number of halogens is 1. The van der Waals surface area contributed by atoms with Crippen LogP contribution < -0.4 is 4.72 Å². The van der Waals surface area contributed by atoms with Crippen molar-refractivity contribution in [1.29, 1.82) is 0 Å². The number of non-ortho nitro benzene ring substituents is 1. The molecule has 0 aliphatic heterocycles. The molecule has 0 aliphatic rings. The summed E-state index contributed by atoms with van der Waals surface area (Å²) in [5, 5.41) is 22.0. The number of phenols is 1. The Labute approximate surface area is 195 Å². The molecular weight excluding hydrogens is 492 g/mol. The van der Waals surface area contributed by atoms with Gasteiger partial charge in [-0.3, -0.25) is 14.8 Å². The van der Waals surface area contributed by atoms with E-state index in [9.17, 15) is 32.1 Å². The van der Waals surface area contributed by atoms with Gasteiger partial charge in [-0.15, -0.1) is 0 Å². The van der Waals surface area contributed by atoms with Gasteiger partial charge in [0.25, 0.3) is 15.7 Å². The van der Waals surface area contributed by atoms with Gasteiger partial charge in [0, 0.05) is 17.2 Å². The number of rotatable bonds is 7. The van der Waals surface area contributed by atoms with E-state index in [4.69, 9.17) is 11.6 Å². The van der Waals surface area contributed by atoms with Crippen LogP contribution >= 0.6 is 11.6 Å². The second-order valence-corrected chi connectivity index (χ2v) is 11.4. The Morgan fingerprint density at radius 2 is 1.61 bits per heavy atom. The van der Waals surface area contributed by atoms with Gasteiger partial charge in [-0.05, 0) is 53.9 Å². The van der Waals surface area contributed by atoms with Crippen LogP contribution in [0.2, 0.25) is 5.02 Å². The van der Waals surface area contributed by atoms with E-state index >= 15 is 0 Å². The summed E-state index contributed by atoms with van der Waals surface area (Å²) in [5.74, 6) is -0.857. The molecule has 0 unspecified atom stereocenters. The summed E-state index contributed by atoms with van der Waals surface area (Å²) in [6.45, 7) is 3.40. The monoisotopic (exact) mass is 510 g/mol. The summed E-state index contributed by atoms with van der Waals surface area (Å²) in [7, 11) is -8.54. The van der Waals surface area contributed by atoms with Crippen molar-refractivity contribution >= 4 is 42.8 Å². The average Bonchev–Trinajstić information content (AvgIpc) is 2.74. The minimum atomic E-state index is -4.31. The normalized spacial score (nSPS) is 12.0. The maximum Gasteiger partial charge on any atom is 0.270 e. The predicted molar refractivity (Wildman–Crippen MR) is 123 cm³/mol. The number of sulfonamides is 1. The number of phenolic OH excluding ortho intramolecular Hbond substituents is 1. The molecule has 174 valence electrons. The Bertz CT molecular complexity index is 1440. The molecule has 3 aromatic carbocycles. The zero-order valence-corrected chi connectivity index (χ0v) is 19.8. The highest BCUT2D eigenvalue weighted by atomic mass is 35.5. The van der Waals surface area contributed by atoms with Crippen LogP contribution in [-0.4, -0.2) is 26.9 Å². The van der Waals surface area contributed by atoms with E-state index in [-0.39, 0.29) is 27.0 Å². The average molecular weight is 511 g/mol. The summed E-state index contributed by atoms with van der Waals surface area (Å²) in [6, 6.07) is 12.0. The second-order valence-electron chi connectivity index (χ2n) is 7.38. The van der Waals surface area contributed by atoms with E-state index in [0.29, 0.717) is 5.02 Å². The van der Waals surface area contributed by atoms with Gasteiger partial charge in [-0.1, -0.05) is 31.5 Å². The summed E-state index contributed by atoms with van der Waals surface area (Å²) in [6.07, 6.45) is 0. The smallest absolute Gasteiger partial charge is 0.270 e. The molecule has 0 saturated carbocycles. The standard InChI is InChI=1S/C21H19ClN2O7S2/c1-13(2)19-10-15(23-33(30,31)18-5-3-4-16(12-18)24(26)27)11-20(21(19)25)32(28,29)17-8-6-14(22)7-9-17/h3-13,23,25H,1-2H3. The third-order valence-corrected chi connectivity index (χ3v) is 8.14. The Morgan fingerprint density at radius 1 is 0.970 bits per heavy atom. The zero-order chi connectivity index (χ0) is 24.6. The first-order valence-corrected chi connectivity index (χ1v) is 12.8. The molecule has 3 rings (SSSR count). The fourth-order valence-electron chi connectivity index (χ4n) is 3.05. The Kier molecular flexibility index (Phi) is 6.68. The first-order valence-electron chi connectivity index (χ1n) is 9.48. The van der Waals surface area contributed by atoms with Crippen LogP contribution in [0.15, 0.2) is 75.4 Å². The van der Waals surface area contributed by atoms with Crippen molar-refractivity contribution in [3.8, 4) is 5.75 Å². The highest BCUT2D eigenvalue weighted by Crippen LogP contribution is 2.38. The molecule has 0 aliphatic carbocycles. The van der Waals surface area contributed by atoms with Crippen LogP contribution in [0.5, 0.6) is 5.75 Å². The lowest BCUT2D eigenvalue weighted by Gasteiger charge is -2.17. The highest BCUT2D eigenvalue weighted by Gasteiger charge is 2.27. The second kappa shape index (κ2) is 9.00. The van der Waals surface area contributed by atoms with Crippen molar-refractivity contribution in [2.24, 2.45) is 0 Å². The maximum absolute atomic E-state index is 13.2. The van der Waals surface area contributed by atoms with E-state index in [1.54, 1.807) is 13.8 Å². The van der Waals surface area contributed by atoms with Crippen LogP contribution in [0.25, 0.3) is 0 Å². The van der Waals surface area contributed by atoms with Crippen LogP contribution in [0.1, 0.15) is 25.3 Å². The van der Waals surface area contributed by atoms with Gasteiger partial charge in [0.05, 0.1) is 20.4 Å². The lowest BCUT2D eigenvalue weighted by atomic mass is 10.0. The Balaban J connectivity index is 2.14. The van der Waals surface area contributed by atoms with Gasteiger partial charge in [0.1, 0.15) is 10.6 Å². The highest BCUT2D eigenvalue weighted by molar-refractivity contribution is 7.93. The van der Waals surface area contributed by atoms with Crippen molar-refractivity contribution < 1.29 is 26.9 Å². The fourth-order valence-corrected chi connectivity index (χ4v) is 5.66. The first-order chi connectivity index (χ1) is 15.3. The molecule has 0 bridgehead atoms. The number of aromatic hydroxyl groups is 1. The Hall–Kier alpha value is -3.15. The van der Waals surface area contributed by atoms with E-state index in [2.05, 4.69) is 4.72 Å². The lowest BCUT2D eigenvalue weighted by molar-refractivity contribution is -0.385. The number of sulfone groups is 1. The molecule has 0 aromatic heterocycles. The lowest BCUT2D eigenvalue weighted by Crippen LogP contribution is -2.14. The molecule has 9 nitrogen and oxygen atoms in total. The fraction of sp³-hybridized carbons (Fsp3) is 0.143. The molecule has 0 spiro atoms. The van der Waals surface area contributed by atoms with Crippen molar-refractivity contribution in [3.05, 3.63) is 81.4 Å². The van der Waals surface area contributed by atoms with E-state index < -0.39 is 41.1 Å². The number of hydrogen-bond donors (Lipinski definition) is 2. The first kappa shape index (κ1) is 24.5. The van der Waals surface area contributed by atoms with E-state index in [0.717, 1.165) is 18.2 Å². The summed E-state index contributed by atoms with van der Waals surface area (Å²) >= 11 is 5.83. The molecule has 0 heterocycles. The van der Waals surface area contributed by atoms with Crippen molar-refractivity contribution in [2.45, 2.75) is 34.5 Å². The number of hydrogen-bond acceptors (Lipinski definition) is 7. The summed E-state index contributed by atoms with van der Waals surface area (Å²) < 4.78 is 54.3. The third kappa shape index (κ3) is 5.10. The number of nitro benzene ring substituents is 1. The SMILES string of the molecule is CC(C)c1cc(NS(=O)(=O)c2cccc([N+](=O)[O-])c2)cc(S(=O)(=O)c2ccc(Cl)cc2)c1O. The van der Waals surface area contributed by atoms with Gasteiger partial charge in [0.15, 0.2) is 0 Å². The molecule has 0 radical (unpaired) electrons. The van der Waals surface area contributed by atoms with Gasteiger partial charge in [-0.25, -0.2) is 16.8 Å². The molecule has 33 heavy (non-hydrogen) atoms. The zero-order valence-electron chi connectivity index (χ0n) is 17.4. The topological polar surface area (TPSA) is 144 Å². The summed E-state index contributed by atoms with van der Waals surface area (Å²) in [4.78, 5) is 9.25. The van der Waals surface area contributed by atoms with Gasteiger partial charge in [-0.2, -0.15) is 0 Å². The molecule has 0 fully saturated rings. The minimum Gasteiger partial charge on any atom is -0.506 e. The van der Waals surface area contributed by atoms with Crippen LogP contribution in [0, 0.1) is 10.1 Å². The predicted octanol–water partition coefficient (Wildman–Crippen LogP) is 4.71. The maximum atomic E-state index is 13.2. The number of nitro groups is 1. The van der Waals surface area contributed by atoms with Crippen molar-refractivity contribution in [3.63, 3.8) is 0 Å². The number of anilines is 1. The minimum absolute atomic E-state index is 0.129. The van der Waals surface area contributed by atoms with Crippen LogP contribution in [-0.2, 0) is 19.9 Å². The molecular formula is C21H19ClN2O7S2. The number of benzene rings is 3. The van der Waals surface area contributed by atoms with Crippen molar-refractivity contribution in [2.75, 3.05) is 4.72 Å². The molecule has 0 atom stereocenters. The number of nitrogens with one attached hydrogen (secondary N) is 1. The van der Waals surface area contributed by atoms with E-state index in [1.807, 2.05) is 0 Å². The quantitative estimate of drug-likeness (QED) is 0.266. The van der Waals surface area contributed by atoms with E-state index in [1.165, 1.54) is 42.5 Å². The molecule has 0 amide bonds. The largest absolute Gasteiger partial charge is 0.506 e. The van der Waals surface area contributed by atoms with Gasteiger partial charge < -0.3 is 5.11 Å². The van der Waals surface area contributed by atoms with Crippen molar-refractivity contribution in [1.82, 2.24) is 0 Å². The number of nitrogens with zero attached hydrogens (tertiary/aromatic N) is 1. The van der Waals surface area contributed by atoms with Gasteiger partial charge in [0.2, 0.25) is 9.84 Å². The third-order valence-electron chi connectivity index (χ3n) is 4.73. The van der Waals surface area contributed by atoms with Crippen LogP contribution in [0.4, 0.5) is 11.4 Å². The summed E-state index contributed by atoms with van der Waals surface area (Å²) in [5.41, 5.74) is -0.352. The molecule has 12 heteroatoms.